The molecule has 1 saturated heterocycles. The average molecular weight is 389 g/mol. The molecule has 2 aromatic rings. The van der Waals surface area contributed by atoms with Crippen LogP contribution >= 0.6 is 0 Å². The number of benzene rings is 1. The first-order valence-electron chi connectivity index (χ1n) is 9.73. The lowest BCUT2D eigenvalue weighted by atomic mass is 9.98. The number of imidazole rings is 1. The Balaban J connectivity index is 1.26. The van der Waals surface area contributed by atoms with Gasteiger partial charge in [0.2, 0.25) is 0 Å². The Kier molecular flexibility index (Phi) is 5.09. The van der Waals surface area contributed by atoms with Gasteiger partial charge in [-0.1, -0.05) is 30.3 Å². The van der Waals surface area contributed by atoms with Gasteiger partial charge in [-0.3, -0.25) is 0 Å². The second-order valence-electron chi connectivity index (χ2n) is 7.85. The van der Waals surface area contributed by atoms with Gasteiger partial charge in [0.15, 0.2) is 5.03 Å². The van der Waals surface area contributed by atoms with Crippen LogP contribution < -0.4 is 5.32 Å². The molecule has 0 amide bonds. The maximum atomic E-state index is 12.8. The first-order chi connectivity index (χ1) is 12.9. The van der Waals surface area contributed by atoms with Crippen molar-refractivity contribution in [1.29, 1.82) is 0 Å². The van der Waals surface area contributed by atoms with E-state index in [0.717, 1.165) is 19.4 Å². The number of aromatic nitrogens is 2. The predicted molar refractivity (Wildman–Crippen MR) is 105 cm³/mol. The number of rotatable bonds is 6. The fourth-order valence-electron chi connectivity index (χ4n) is 3.94. The molecule has 1 aromatic heterocycles. The van der Waals surface area contributed by atoms with Gasteiger partial charge in [-0.15, -0.1) is 0 Å². The van der Waals surface area contributed by atoms with E-state index in [9.17, 15) is 8.42 Å². The van der Waals surface area contributed by atoms with Crippen molar-refractivity contribution in [3.63, 3.8) is 0 Å². The van der Waals surface area contributed by atoms with Crippen molar-refractivity contribution in [2.75, 3.05) is 19.6 Å². The van der Waals surface area contributed by atoms with Gasteiger partial charge in [-0.05, 0) is 44.2 Å². The van der Waals surface area contributed by atoms with Crippen LogP contribution in [0.5, 0.6) is 0 Å². The number of sulfonamides is 1. The summed E-state index contributed by atoms with van der Waals surface area (Å²) in [7, 11) is -1.65. The normalized spacial score (nSPS) is 24.2. The number of hydrogen-bond acceptors (Lipinski definition) is 4. The first-order valence-corrected chi connectivity index (χ1v) is 11.2. The number of nitrogens with zero attached hydrogens (tertiary/aromatic N) is 3. The molecule has 0 spiro atoms. The topological polar surface area (TPSA) is 67.2 Å². The molecule has 1 aromatic carbocycles. The highest BCUT2D eigenvalue weighted by atomic mass is 32.2. The quantitative estimate of drug-likeness (QED) is 0.824. The third kappa shape index (κ3) is 3.95. The maximum Gasteiger partial charge on any atom is 0.262 e. The molecule has 2 unspecified atom stereocenters. The molecule has 1 aliphatic carbocycles. The van der Waals surface area contributed by atoms with Crippen molar-refractivity contribution in [3.8, 4) is 0 Å². The summed E-state index contributed by atoms with van der Waals surface area (Å²) in [6.07, 6.45) is 4.62. The van der Waals surface area contributed by atoms with E-state index in [2.05, 4.69) is 40.6 Å². The number of nitrogens with one attached hydrogen (secondary N) is 1. The largest absolute Gasteiger partial charge is 0.337 e. The van der Waals surface area contributed by atoms with Crippen molar-refractivity contribution < 1.29 is 8.42 Å². The van der Waals surface area contributed by atoms with Gasteiger partial charge in [0.25, 0.3) is 10.0 Å². The third-order valence-electron chi connectivity index (χ3n) is 5.95. The minimum absolute atomic E-state index is 0.169. The fraction of sp³-hybridized carbons (Fsp3) is 0.550. The summed E-state index contributed by atoms with van der Waals surface area (Å²) < 4.78 is 28.9. The molecular formula is C20H28N4O2S. The molecule has 1 N–H and O–H groups in total. The monoisotopic (exact) mass is 388 g/mol. The van der Waals surface area contributed by atoms with E-state index < -0.39 is 10.0 Å². The molecule has 1 aliphatic heterocycles. The zero-order valence-corrected chi connectivity index (χ0v) is 16.8. The number of hydrogen-bond donors (Lipinski definition) is 1. The smallest absolute Gasteiger partial charge is 0.262 e. The van der Waals surface area contributed by atoms with Crippen LogP contribution in [0.1, 0.15) is 36.6 Å². The van der Waals surface area contributed by atoms with Crippen molar-refractivity contribution in [3.05, 3.63) is 47.9 Å². The molecule has 146 valence electrons. The lowest BCUT2D eigenvalue weighted by Crippen LogP contribution is -2.41. The summed E-state index contributed by atoms with van der Waals surface area (Å²) in [5.74, 6) is 1.89. The van der Waals surface area contributed by atoms with Crippen LogP contribution in [0.15, 0.2) is 41.6 Å². The molecule has 27 heavy (non-hydrogen) atoms. The molecule has 2 heterocycles. The standard InChI is InChI=1S/C20H28N4O2S/c1-15-22-20(14-23(15)2)27(25,26)24-10-8-16(9-11-24)13-21-19-12-18(19)17-6-4-3-5-7-17/h3-7,14,16,18-19,21H,8-13H2,1-2H3. The van der Waals surface area contributed by atoms with Crippen LogP contribution in [-0.2, 0) is 17.1 Å². The maximum absolute atomic E-state index is 12.8. The molecule has 2 atom stereocenters. The Bertz CT molecular complexity index is 866. The molecule has 0 bridgehead atoms. The van der Waals surface area contributed by atoms with Crippen LogP contribution in [0.4, 0.5) is 0 Å². The van der Waals surface area contributed by atoms with E-state index in [-0.39, 0.29) is 5.03 Å². The van der Waals surface area contributed by atoms with Crippen LogP contribution in [-0.4, -0.2) is 48.0 Å². The molecule has 6 nitrogen and oxygen atoms in total. The molecule has 4 rings (SSSR count). The van der Waals surface area contributed by atoms with Crippen LogP contribution in [0.3, 0.4) is 0 Å². The van der Waals surface area contributed by atoms with Crippen molar-refractivity contribution in [1.82, 2.24) is 19.2 Å². The Morgan fingerprint density at radius 1 is 1.19 bits per heavy atom. The van der Waals surface area contributed by atoms with Gasteiger partial charge in [-0.25, -0.2) is 13.4 Å². The van der Waals surface area contributed by atoms with Gasteiger partial charge in [0.05, 0.1) is 0 Å². The highest BCUT2D eigenvalue weighted by Crippen LogP contribution is 2.40. The van der Waals surface area contributed by atoms with E-state index >= 15 is 0 Å². The second kappa shape index (κ2) is 7.37. The van der Waals surface area contributed by atoms with E-state index in [0.29, 0.717) is 36.8 Å². The second-order valence-corrected chi connectivity index (χ2v) is 9.74. The minimum atomic E-state index is -3.47. The van der Waals surface area contributed by atoms with Gasteiger partial charge in [0.1, 0.15) is 5.82 Å². The molecular weight excluding hydrogens is 360 g/mol. The number of aryl methyl sites for hydroxylation is 2. The molecule has 0 radical (unpaired) electrons. The Labute approximate surface area is 161 Å². The third-order valence-corrected chi connectivity index (χ3v) is 7.72. The molecule has 2 fully saturated rings. The zero-order chi connectivity index (χ0) is 19.0. The van der Waals surface area contributed by atoms with Crippen LogP contribution in [0.2, 0.25) is 0 Å². The van der Waals surface area contributed by atoms with E-state index in [1.807, 2.05) is 14.0 Å². The van der Waals surface area contributed by atoms with E-state index in [1.54, 1.807) is 15.1 Å². The van der Waals surface area contributed by atoms with Gasteiger partial charge >= 0.3 is 0 Å². The summed E-state index contributed by atoms with van der Waals surface area (Å²) in [4.78, 5) is 4.20. The highest BCUT2D eigenvalue weighted by molar-refractivity contribution is 7.89. The minimum Gasteiger partial charge on any atom is -0.337 e. The summed E-state index contributed by atoms with van der Waals surface area (Å²) >= 11 is 0. The summed E-state index contributed by atoms with van der Waals surface area (Å²) in [5.41, 5.74) is 1.42. The molecule has 7 heteroatoms. The van der Waals surface area contributed by atoms with Gasteiger partial charge < -0.3 is 9.88 Å². The Morgan fingerprint density at radius 3 is 2.52 bits per heavy atom. The van der Waals surface area contributed by atoms with Gasteiger partial charge in [0, 0.05) is 38.3 Å². The van der Waals surface area contributed by atoms with Crippen LogP contribution in [0, 0.1) is 12.8 Å². The van der Waals surface area contributed by atoms with E-state index in [1.165, 1.54) is 12.0 Å². The lowest BCUT2D eigenvalue weighted by Gasteiger charge is -2.30. The average Bonchev–Trinajstić information content (AvgIpc) is 3.38. The van der Waals surface area contributed by atoms with Crippen molar-refractivity contribution in [2.45, 2.75) is 43.2 Å². The summed E-state index contributed by atoms with van der Waals surface area (Å²) in [6.45, 7) is 3.95. The number of piperidine rings is 1. The van der Waals surface area contributed by atoms with Gasteiger partial charge in [-0.2, -0.15) is 4.31 Å². The first kappa shape index (κ1) is 18.7. The SMILES string of the molecule is Cc1nc(S(=O)(=O)N2CCC(CNC3CC3c3ccccc3)CC2)cn1C. The highest BCUT2D eigenvalue weighted by Gasteiger charge is 2.38. The summed E-state index contributed by atoms with van der Waals surface area (Å²) in [6, 6.07) is 11.2. The zero-order valence-electron chi connectivity index (χ0n) is 16.0. The lowest BCUT2D eigenvalue weighted by molar-refractivity contribution is 0.266. The molecule has 2 aliphatic rings. The summed E-state index contributed by atoms with van der Waals surface area (Å²) in [5, 5.41) is 3.86. The van der Waals surface area contributed by atoms with E-state index in [4.69, 9.17) is 0 Å². The van der Waals surface area contributed by atoms with Crippen molar-refractivity contribution in [2.24, 2.45) is 13.0 Å². The van der Waals surface area contributed by atoms with Crippen LogP contribution in [0.25, 0.3) is 0 Å². The fourth-order valence-corrected chi connectivity index (χ4v) is 5.44. The predicted octanol–water partition coefficient (Wildman–Crippen LogP) is 2.27. The molecule has 1 saturated carbocycles. The Hall–Kier alpha value is -1.70. The van der Waals surface area contributed by atoms with Crippen molar-refractivity contribution >= 4 is 10.0 Å². The Morgan fingerprint density at radius 2 is 1.89 bits per heavy atom.